The third-order valence-corrected chi connectivity index (χ3v) is 8.61. The molecule has 1 aliphatic heterocycles. The number of fused-ring (bicyclic) bond motifs is 1. The molecule has 0 aromatic heterocycles. The van der Waals surface area contributed by atoms with E-state index in [2.05, 4.69) is 61.1 Å². The molecule has 4 rings (SSSR count). The quantitative estimate of drug-likeness (QED) is 0.175. The van der Waals surface area contributed by atoms with E-state index < -0.39 is 23.9 Å². The van der Waals surface area contributed by atoms with Crippen molar-refractivity contribution in [2.24, 2.45) is 0 Å². The highest BCUT2D eigenvalue weighted by atomic mass is 127. The third-order valence-electron chi connectivity index (χ3n) is 5.94. The number of hydrogen-bond donors (Lipinski definition) is 1. The van der Waals surface area contributed by atoms with Gasteiger partial charge in [-0.3, -0.25) is 4.79 Å². The molecule has 1 N–H and O–H groups in total. The first-order valence-electron chi connectivity index (χ1n) is 11.5. The van der Waals surface area contributed by atoms with Gasteiger partial charge >= 0.3 is 11.9 Å². The number of carbonyl (C=O) groups is 3. The van der Waals surface area contributed by atoms with E-state index in [1.54, 1.807) is 6.08 Å². The van der Waals surface area contributed by atoms with Crippen LogP contribution in [0.3, 0.4) is 0 Å². The van der Waals surface area contributed by atoms with Gasteiger partial charge in [-0.2, -0.15) is 0 Å². The van der Waals surface area contributed by atoms with Crippen LogP contribution in [0.5, 0.6) is 5.75 Å². The Balaban J connectivity index is 1.50. The van der Waals surface area contributed by atoms with Crippen molar-refractivity contribution in [2.45, 2.75) is 25.6 Å². The Morgan fingerprint density at radius 3 is 2.50 bits per heavy atom. The number of rotatable bonds is 8. The number of carboxylic acid groups (broad SMARTS) is 1. The Kier molecular flexibility index (Phi) is 9.82. The highest BCUT2D eigenvalue weighted by molar-refractivity contribution is 14.1. The van der Waals surface area contributed by atoms with Gasteiger partial charge < -0.3 is 19.5 Å². The summed E-state index contributed by atoms with van der Waals surface area (Å²) in [4.78, 5) is 38.9. The number of ether oxygens (including phenoxy) is 2. The number of hydrogen-bond acceptors (Lipinski definition) is 5. The summed E-state index contributed by atoms with van der Waals surface area (Å²) in [5, 5.41) is 9.88. The molecule has 0 radical (unpaired) electrons. The predicted molar refractivity (Wildman–Crippen MR) is 162 cm³/mol. The smallest absolute Gasteiger partial charge is 0.344 e. The van der Waals surface area contributed by atoms with E-state index in [-0.39, 0.29) is 26.2 Å². The summed E-state index contributed by atoms with van der Waals surface area (Å²) in [7, 11) is 0. The lowest BCUT2D eigenvalue weighted by Crippen LogP contribution is -2.48. The first-order chi connectivity index (χ1) is 18.2. The normalized spacial score (nSPS) is 14.7. The highest BCUT2D eigenvalue weighted by Gasteiger charge is 2.36. The Bertz CT molecular complexity index is 1400. The largest absolute Gasteiger partial charge is 0.480 e. The minimum absolute atomic E-state index is 0.107. The van der Waals surface area contributed by atoms with E-state index in [1.807, 2.05) is 60.7 Å². The van der Waals surface area contributed by atoms with Gasteiger partial charge in [-0.05, 0) is 85.6 Å². The standard InChI is InChI=1S/C28H22BrI2NO6/c29-21-9-5-4-8-18(21)10-11-24(33)32-14-20-19(13-23(32)28(35)36)12-22(30)27(26(20)31)38-16-25(34)37-15-17-6-2-1-3-7-17/h1-12,23H,13-16H2,(H,35,36)/b11-10+/t23-/m0/s1. The summed E-state index contributed by atoms with van der Waals surface area (Å²) in [6, 6.07) is 17.7. The topological polar surface area (TPSA) is 93.1 Å². The van der Waals surface area contributed by atoms with Crippen molar-refractivity contribution in [3.8, 4) is 5.75 Å². The number of aliphatic carboxylic acids is 1. The zero-order valence-electron chi connectivity index (χ0n) is 19.9. The molecule has 10 heteroatoms. The molecule has 0 saturated carbocycles. The number of carbonyl (C=O) groups excluding carboxylic acids is 2. The first-order valence-corrected chi connectivity index (χ1v) is 14.5. The van der Waals surface area contributed by atoms with Gasteiger partial charge in [0, 0.05) is 23.5 Å². The molecule has 0 bridgehead atoms. The minimum atomic E-state index is -1.07. The number of carboxylic acids is 1. The lowest BCUT2D eigenvalue weighted by molar-refractivity contribution is -0.149. The Morgan fingerprint density at radius 1 is 1.08 bits per heavy atom. The maximum Gasteiger partial charge on any atom is 0.344 e. The van der Waals surface area contributed by atoms with E-state index >= 15 is 0 Å². The lowest BCUT2D eigenvalue weighted by atomic mass is 9.93. The van der Waals surface area contributed by atoms with Crippen LogP contribution < -0.4 is 4.74 Å². The van der Waals surface area contributed by atoms with Crippen molar-refractivity contribution in [3.63, 3.8) is 0 Å². The molecule has 0 fully saturated rings. The number of esters is 1. The SMILES string of the molecule is O=C(COc1c(I)cc2c(c1I)CN(C(=O)/C=C/c1ccccc1Br)[C@H](C(=O)O)C2)OCc1ccccc1. The zero-order chi connectivity index (χ0) is 27.2. The fourth-order valence-corrected chi connectivity index (χ4v) is 6.70. The molecule has 196 valence electrons. The molecule has 1 amide bonds. The maximum atomic E-state index is 13.1. The van der Waals surface area contributed by atoms with Crippen molar-refractivity contribution in [1.29, 1.82) is 0 Å². The molecule has 1 aliphatic rings. The van der Waals surface area contributed by atoms with Gasteiger partial charge in [-0.25, -0.2) is 9.59 Å². The highest BCUT2D eigenvalue weighted by Crippen LogP contribution is 2.37. The monoisotopic (exact) mass is 801 g/mol. The third kappa shape index (κ3) is 6.94. The second-order valence-corrected chi connectivity index (χ2v) is 11.5. The van der Waals surface area contributed by atoms with Gasteiger partial charge in [-0.15, -0.1) is 0 Å². The number of amides is 1. The summed E-state index contributed by atoms with van der Waals surface area (Å²) in [5.41, 5.74) is 3.33. The molecule has 1 heterocycles. The van der Waals surface area contributed by atoms with Crippen LogP contribution in [0.15, 0.2) is 71.2 Å². The van der Waals surface area contributed by atoms with Gasteiger partial charge in [0.15, 0.2) is 6.61 Å². The number of benzene rings is 3. The molecular weight excluding hydrogens is 780 g/mol. The summed E-state index contributed by atoms with van der Waals surface area (Å²) in [6.45, 7) is -0.00965. The van der Waals surface area contributed by atoms with E-state index in [0.717, 1.165) is 33.9 Å². The van der Waals surface area contributed by atoms with Crippen LogP contribution in [0.1, 0.15) is 22.3 Å². The fraction of sp³-hybridized carbons (Fsp3) is 0.179. The van der Waals surface area contributed by atoms with Crippen LogP contribution >= 0.6 is 61.1 Å². The zero-order valence-corrected chi connectivity index (χ0v) is 25.8. The van der Waals surface area contributed by atoms with Crippen molar-refractivity contribution in [2.75, 3.05) is 6.61 Å². The van der Waals surface area contributed by atoms with E-state index in [0.29, 0.717) is 5.75 Å². The summed E-state index contributed by atoms with van der Waals surface area (Å²) in [6.07, 6.45) is 3.22. The number of halogens is 3. The minimum Gasteiger partial charge on any atom is -0.480 e. The summed E-state index contributed by atoms with van der Waals surface area (Å²) < 4.78 is 13.5. The molecule has 3 aromatic rings. The molecule has 0 aliphatic carbocycles. The molecule has 38 heavy (non-hydrogen) atoms. The van der Waals surface area contributed by atoms with Crippen LogP contribution in [0.25, 0.3) is 6.08 Å². The Labute approximate surface area is 255 Å². The van der Waals surface area contributed by atoms with Gasteiger partial charge in [0.05, 0.1) is 7.14 Å². The van der Waals surface area contributed by atoms with Crippen LogP contribution in [0.4, 0.5) is 0 Å². The van der Waals surface area contributed by atoms with Crippen LogP contribution in [-0.4, -0.2) is 40.5 Å². The average molecular weight is 802 g/mol. The van der Waals surface area contributed by atoms with Crippen molar-refractivity contribution >= 4 is 85.0 Å². The van der Waals surface area contributed by atoms with Crippen molar-refractivity contribution in [1.82, 2.24) is 4.90 Å². The second-order valence-electron chi connectivity index (χ2n) is 8.45. The van der Waals surface area contributed by atoms with E-state index in [4.69, 9.17) is 9.47 Å². The molecule has 0 spiro atoms. The van der Waals surface area contributed by atoms with E-state index in [1.165, 1.54) is 11.0 Å². The second kappa shape index (κ2) is 13.1. The van der Waals surface area contributed by atoms with E-state index in [9.17, 15) is 19.5 Å². The van der Waals surface area contributed by atoms with Gasteiger partial charge in [0.2, 0.25) is 5.91 Å². The Hall–Kier alpha value is -2.45. The molecule has 0 unspecified atom stereocenters. The van der Waals surface area contributed by atoms with Crippen LogP contribution in [0.2, 0.25) is 0 Å². The number of nitrogens with zero attached hydrogens (tertiary/aromatic N) is 1. The van der Waals surface area contributed by atoms with Gasteiger partial charge in [-0.1, -0.05) is 64.5 Å². The molecular formula is C28H22BrI2NO6. The Morgan fingerprint density at radius 2 is 1.79 bits per heavy atom. The molecule has 7 nitrogen and oxygen atoms in total. The van der Waals surface area contributed by atoms with Gasteiger partial charge in [0.25, 0.3) is 0 Å². The lowest BCUT2D eigenvalue weighted by Gasteiger charge is -2.35. The molecule has 0 saturated heterocycles. The fourth-order valence-electron chi connectivity index (χ4n) is 4.00. The van der Waals surface area contributed by atoms with Crippen LogP contribution in [0, 0.1) is 7.14 Å². The van der Waals surface area contributed by atoms with Crippen molar-refractivity contribution < 1.29 is 29.0 Å². The predicted octanol–water partition coefficient (Wildman–Crippen LogP) is 5.83. The maximum absolute atomic E-state index is 13.1. The van der Waals surface area contributed by atoms with Crippen molar-refractivity contribution in [3.05, 3.63) is 101 Å². The summed E-state index contributed by atoms with van der Waals surface area (Å²) in [5.74, 6) is -1.46. The summed E-state index contributed by atoms with van der Waals surface area (Å²) >= 11 is 7.69. The van der Waals surface area contributed by atoms with Gasteiger partial charge in [0.1, 0.15) is 18.4 Å². The molecule has 3 aromatic carbocycles. The average Bonchev–Trinajstić information content (AvgIpc) is 2.91. The first kappa shape index (κ1) is 28.6. The van der Waals surface area contributed by atoms with Crippen LogP contribution in [-0.2, 0) is 38.7 Å². The molecule has 1 atom stereocenters.